The number of methoxy groups -OCH3 is 1. The minimum absolute atomic E-state index is 0.0453. The zero-order valence-electron chi connectivity index (χ0n) is 10.2. The summed E-state index contributed by atoms with van der Waals surface area (Å²) in [6.07, 6.45) is -1.19. The highest BCUT2D eigenvalue weighted by atomic mass is 16.6. The lowest BCUT2D eigenvalue weighted by Crippen LogP contribution is -2.29. The number of aliphatic carboxylic acids is 1. The van der Waals surface area contributed by atoms with E-state index < -0.39 is 17.0 Å². The fraction of sp³-hybridized carbons (Fsp3) is 0.364. The van der Waals surface area contributed by atoms with Gasteiger partial charge in [0.1, 0.15) is 5.75 Å². The molecule has 0 radical (unpaired) electrons. The normalized spacial score (nSPS) is 11.7. The van der Waals surface area contributed by atoms with Crippen molar-refractivity contribution in [1.29, 1.82) is 0 Å². The number of rotatable bonds is 7. The molecule has 0 aliphatic rings. The highest BCUT2D eigenvalue weighted by Gasteiger charge is 2.24. The number of carboxylic acids is 1. The van der Waals surface area contributed by atoms with Gasteiger partial charge in [0.05, 0.1) is 12.0 Å². The molecule has 8 heteroatoms. The molecule has 0 aromatic heterocycles. The molecule has 1 aromatic rings. The number of hydrogen-bond donors (Lipinski definition) is 2. The van der Waals surface area contributed by atoms with E-state index >= 15 is 0 Å². The van der Waals surface area contributed by atoms with Crippen LogP contribution in [0.2, 0.25) is 0 Å². The SMILES string of the molecule is COc1ccc([N+](=O)[O-])c(OC(CCN)C(=O)O)c1. The molecule has 0 bridgehead atoms. The molecule has 1 rings (SSSR count). The van der Waals surface area contributed by atoms with Crippen molar-refractivity contribution in [3.05, 3.63) is 28.3 Å². The van der Waals surface area contributed by atoms with Crippen LogP contribution in [-0.2, 0) is 4.79 Å². The quantitative estimate of drug-likeness (QED) is 0.554. The van der Waals surface area contributed by atoms with Crippen LogP contribution in [0.15, 0.2) is 18.2 Å². The van der Waals surface area contributed by atoms with Gasteiger partial charge in [0.2, 0.25) is 5.75 Å². The van der Waals surface area contributed by atoms with Crippen LogP contribution in [0.1, 0.15) is 6.42 Å². The molecule has 19 heavy (non-hydrogen) atoms. The standard InChI is InChI=1S/C11H14N2O6/c1-18-7-2-3-8(13(16)17)10(6-7)19-9(4-5-12)11(14)15/h2-3,6,9H,4-5,12H2,1H3,(H,14,15). The average Bonchev–Trinajstić information content (AvgIpc) is 2.37. The van der Waals surface area contributed by atoms with Crippen LogP contribution in [0.4, 0.5) is 5.69 Å². The van der Waals surface area contributed by atoms with Crippen molar-refractivity contribution in [1.82, 2.24) is 0 Å². The number of nitro groups is 1. The molecule has 8 nitrogen and oxygen atoms in total. The zero-order chi connectivity index (χ0) is 14.4. The fourth-order valence-electron chi connectivity index (χ4n) is 1.40. The number of hydrogen-bond acceptors (Lipinski definition) is 6. The van der Waals surface area contributed by atoms with Crippen LogP contribution in [0.3, 0.4) is 0 Å². The molecular weight excluding hydrogens is 256 g/mol. The molecule has 0 amide bonds. The molecular formula is C11H14N2O6. The maximum atomic E-state index is 10.9. The number of carboxylic acid groups (broad SMARTS) is 1. The summed E-state index contributed by atoms with van der Waals surface area (Å²) in [6, 6.07) is 3.85. The predicted molar refractivity (Wildman–Crippen MR) is 65.4 cm³/mol. The van der Waals surface area contributed by atoms with Gasteiger partial charge in [0, 0.05) is 18.6 Å². The third-order valence-corrected chi connectivity index (χ3v) is 2.34. The number of nitrogens with zero attached hydrogens (tertiary/aromatic N) is 1. The van der Waals surface area contributed by atoms with Crippen LogP contribution in [0, 0.1) is 10.1 Å². The highest BCUT2D eigenvalue weighted by Crippen LogP contribution is 2.32. The van der Waals surface area contributed by atoms with E-state index in [2.05, 4.69) is 0 Å². The van der Waals surface area contributed by atoms with Crippen molar-refractivity contribution in [3.8, 4) is 11.5 Å². The van der Waals surface area contributed by atoms with E-state index in [1.165, 1.54) is 25.3 Å². The molecule has 3 N–H and O–H groups in total. The Hall–Kier alpha value is -2.35. The molecule has 1 unspecified atom stereocenters. The Labute approximate surface area is 108 Å². The number of nitrogens with two attached hydrogens (primary N) is 1. The third-order valence-electron chi connectivity index (χ3n) is 2.34. The van der Waals surface area contributed by atoms with Crippen LogP contribution < -0.4 is 15.2 Å². The van der Waals surface area contributed by atoms with Crippen molar-refractivity contribution in [2.75, 3.05) is 13.7 Å². The summed E-state index contributed by atoms with van der Waals surface area (Å²) in [5, 5.41) is 19.8. The van der Waals surface area contributed by atoms with Gasteiger partial charge in [-0.2, -0.15) is 0 Å². The van der Waals surface area contributed by atoms with Crippen molar-refractivity contribution in [3.63, 3.8) is 0 Å². The Bertz CT molecular complexity index is 476. The highest BCUT2D eigenvalue weighted by molar-refractivity contribution is 5.73. The molecule has 104 valence electrons. The summed E-state index contributed by atoms with van der Waals surface area (Å²) in [5.41, 5.74) is 4.94. The Kier molecular flexibility index (Phi) is 5.07. The second kappa shape index (κ2) is 6.55. The maximum Gasteiger partial charge on any atom is 0.344 e. The van der Waals surface area contributed by atoms with Crippen molar-refractivity contribution in [2.24, 2.45) is 5.73 Å². The van der Waals surface area contributed by atoms with E-state index in [1.807, 2.05) is 0 Å². The fourth-order valence-corrected chi connectivity index (χ4v) is 1.40. The van der Waals surface area contributed by atoms with Gasteiger partial charge in [-0.3, -0.25) is 10.1 Å². The smallest absolute Gasteiger partial charge is 0.344 e. The number of nitro benzene ring substituents is 1. The largest absolute Gasteiger partial charge is 0.497 e. The second-order valence-electron chi connectivity index (χ2n) is 3.61. The molecule has 0 saturated heterocycles. The number of carbonyl (C=O) groups is 1. The van der Waals surface area contributed by atoms with E-state index in [9.17, 15) is 14.9 Å². The van der Waals surface area contributed by atoms with Crippen LogP contribution in [0.25, 0.3) is 0 Å². The third kappa shape index (κ3) is 3.81. The topological polar surface area (TPSA) is 125 Å². The first kappa shape index (κ1) is 14.7. The summed E-state index contributed by atoms with van der Waals surface area (Å²) in [6.45, 7) is 0.0920. The van der Waals surface area contributed by atoms with E-state index in [0.29, 0.717) is 5.75 Å². The van der Waals surface area contributed by atoms with Gasteiger partial charge in [0.25, 0.3) is 0 Å². The van der Waals surface area contributed by atoms with E-state index in [0.717, 1.165) is 0 Å². The average molecular weight is 270 g/mol. The minimum atomic E-state index is -1.24. The van der Waals surface area contributed by atoms with E-state index in [1.54, 1.807) is 0 Å². The van der Waals surface area contributed by atoms with Gasteiger partial charge >= 0.3 is 11.7 Å². The van der Waals surface area contributed by atoms with E-state index in [4.69, 9.17) is 20.3 Å². The lowest BCUT2D eigenvalue weighted by atomic mass is 10.2. The van der Waals surface area contributed by atoms with Crippen molar-refractivity contribution in [2.45, 2.75) is 12.5 Å². The summed E-state index contributed by atoms with van der Waals surface area (Å²) in [5.74, 6) is -1.06. The number of benzene rings is 1. The lowest BCUT2D eigenvalue weighted by molar-refractivity contribution is -0.386. The first-order valence-corrected chi connectivity index (χ1v) is 5.41. The van der Waals surface area contributed by atoms with Gasteiger partial charge in [-0.15, -0.1) is 0 Å². The lowest BCUT2D eigenvalue weighted by Gasteiger charge is -2.14. The summed E-state index contributed by atoms with van der Waals surface area (Å²) in [4.78, 5) is 21.1. The van der Waals surface area contributed by atoms with Crippen molar-refractivity contribution < 1.29 is 24.3 Å². The molecule has 0 aliphatic heterocycles. The summed E-state index contributed by atoms with van der Waals surface area (Å²) >= 11 is 0. The molecule has 0 aliphatic carbocycles. The van der Waals surface area contributed by atoms with Crippen molar-refractivity contribution >= 4 is 11.7 Å². The van der Waals surface area contributed by atoms with E-state index in [-0.39, 0.29) is 24.4 Å². The Morgan fingerprint density at radius 3 is 2.74 bits per heavy atom. The molecule has 1 aromatic carbocycles. The van der Waals surface area contributed by atoms with Gasteiger partial charge in [0.15, 0.2) is 6.10 Å². The first-order chi connectivity index (χ1) is 8.99. The second-order valence-corrected chi connectivity index (χ2v) is 3.61. The van der Waals surface area contributed by atoms with Gasteiger partial charge < -0.3 is 20.3 Å². The predicted octanol–water partition coefficient (Wildman–Crippen LogP) is 0.784. The Balaban J connectivity index is 3.08. The van der Waals surface area contributed by atoms with Gasteiger partial charge in [-0.05, 0) is 12.6 Å². The van der Waals surface area contributed by atoms with Gasteiger partial charge in [-0.25, -0.2) is 4.79 Å². The summed E-state index contributed by atoms with van der Waals surface area (Å²) in [7, 11) is 1.39. The molecule has 0 spiro atoms. The molecule has 1 atom stereocenters. The van der Waals surface area contributed by atoms with Crippen LogP contribution in [-0.4, -0.2) is 35.8 Å². The Morgan fingerprint density at radius 1 is 1.58 bits per heavy atom. The Morgan fingerprint density at radius 2 is 2.26 bits per heavy atom. The van der Waals surface area contributed by atoms with Crippen LogP contribution >= 0.6 is 0 Å². The molecule has 0 fully saturated rings. The zero-order valence-corrected chi connectivity index (χ0v) is 10.2. The minimum Gasteiger partial charge on any atom is -0.497 e. The maximum absolute atomic E-state index is 10.9. The summed E-state index contributed by atoms with van der Waals surface area (Å²) < 4.78 is 10.1. The molecule has 0 heterocycles. The number of ether oxygens (including phenoxy) is 2. The monoisotopic (exact) mass is 270 g/mol. The van der Waals surface area contributed by atoms with Gasteiger partial charge in [-0.1, -0.05) is 0 Å². The molecule has 0 saturated carbocycles. The van der Waals surface area contributed by atoms with Crippen LogP contribution in [0.5, 0.6) is 11.5 Å². The first-order valence-electron chi connectivity index (χ1n) is 5.41.